The highest BCUT2D eigenvalue weighted by atomic mass is 16.7. The minimum absolute atomic E-state index is 0.00810. The van der Waals surface area contributed by atoms with Gasteiger partial charge in [0.1, 0.15) is 6.61 Å². The second-order valence-electron chi connectivity index (χ2n) is 9.93. The molecule has 0 radical (unpaired) electrons. The van der Waals surface area contributed by atoms with Crippen molar-refractivity contribution in [1.82, 2.24) is 14.8 Å². The molecule has 0 saturated carbocycles. The molecule has 10 heteroatoms. The molecule has 3 fully saturated rings. The normalized spacial score (nSPS) is 20.1. The third-order valence-corrected chi connectivity index (χ3v) is 7.53. The number of nitrogens with zero attached hydrogens (tertiary/aromatic N) is 3. The number of ether oxygens (including phenoxy) is 3. The van der Waals surface area contributed by atoms with Crippen LogP contribution in [0.25, 0.3) is 10.9 Å². The summed E-state index contributed by atoms with van der Waals surface area (Å²) in [6.45, 7) is 2.66. The highest BCUT2D eigenvalue weighted by Crippen LogP contribution is 2.35. The molecule has 3 saturated heterocycles. The molecule has 0 aliphatic carbocycles. The summed E-state index contributed by atoms with van der Waals surface area (Å²) in [7, 11) is 0. The first-order chi connectivity index (χ1) is 18.5. The van der Waals surface area contributed by atoms with Crippen LogP contribution in [-0.4, -0.2) is 66.1 Å². The number of nitrogens with one attached hydrogen (secondary N) is 1. The van der Waals surface area contributed by atoms with E-state index in [0.717, 1.165) is 22.2 Å². The summed E-state index contributed by atoms with van der Waals surface area (Å²) in [4.78, 5) is 39.5. The maximum atomic E-state index is 12.5. The van der Waals surface area contributed by atoms with Gasteiger partial charge in [0.25, 0.3) is 0 Å². The third-order valence-electron chi connectivity index (χ3n) is 7.53. The zero-order chi connectivity index (χ0) is 26.1. The summed E-state index contributed by atoms with van der Waals surface area (Å²) in [6.07, 6.45) is 3.17. The van der Waals surface area contributed by atoms with E-state index in [9.17, 15) is 14.4 Å². The lowest BCUT2D eigenvalue weighted by atomic mass is 10.0. The lowest BCUT2D eigenvalue weighted by Gasteiger charge is -2.45. The van der Waals surface area contributed by atoms with Gasteiger partial charge in [-0.1, -0.05) is 30.3 Å². The lowest BCUT2D eigenvalue weighted by Crippen LogP contribution is -2.53. The molecule has 38 heavy (non-hydrogen) atoms. The molecule has 3 aromatic rings. The van der Waals surface area contributed by atoms with Crippen LogP contribution in [0.15, 0.2) is 60.8 Å². The first kappa shape index (κ1) is 24.4. The molecule has 6 rings (SSSR count). The fourth-order valence-corrected chi connectivity index (χ4v) is 5.32. The third kappa shape index (κ3) is 4.84. The first-order valence-corrected chi connectivity index (χ1v) is 13.0. The number of hydrogen-bond acceptors (Lipinski definition) is 6. The second kappa shape index (κ2) is 10.1. The maximum absolute atomic E-state index is 12.5. The number of amides is 4. The number of piperidine rings is 1. The number of aromatic nitrogens is 1. The molecule has 1 N–H and O–H groups in total. The maximum Gasteiger partial charge on any atom is 0.410 e. The van der Waals surface area contributed by atoms with Crippen LogP contribution < -0.4 is 10.2 Å². The van der Waals surface area contributed by atoms with Crippen molar-refractivity contribution in [3.05, 3.63) is 66.4 Å². The average Bonchev–Trinajstić information content (AvgIpc) is 3.36. The summed E-state index contributed by atoms with van der Waals surface area (Å²) in [5.41, 5.74) is 2.73. The summed E-state index contributed by atoms with van der Waals surface area (Å²) in [6, 6.07) is 17.1. The molecule has 1 spiro atoms. The quantitative estimate of drug-likeness (QED) is 0.564. The molecule has 0 atom stereocenters. The van der Waals surface area contributed by atoms with Gasteiger partial charge in [0.15, 0.2) is 5.79 Å². The molecule has 3 aliphatic rings. The Hall–Kier alpha value is -3.89. The van der Waals surface area contributed by atoms with Gasteiger partial charge in [-0.3, -0.25) is 15.0 Å². The fourth-order valence-electron chi connectivity index (χ4n) is 5.32. The van der Waals surface area contributed by atoms with E-state index < -0.39 is 11.8 Å². The summed E-state index contributed by atoms with van der Waals surface area (Å²) in [5.74, 6) is -0.927. The van der Waals surface area contributed by atoms with Gasteiger partial charge in [-0.2, -0.15) is 0 Å². The van der Waals surface area contributed by atoms with Crippen LogP contribution in [0.4, 0.5) is 15.3 Å². The van der Waals surface area contributed by atoms with Crippen LogP contribution >= 0.6 is 0 Å². The van der Waals surface area contributed by atoms with E-state index in [2.05, 4.69) is 9.88 Å². The predicted molar refractivity (Wildman–Crippen MR) is 139 cm³/mol. The number of benzene rings is 2. The smallest absolute Gasteiger partial charge is 0.410 e. The molecule has 2 aromatic carbocycles. The van der Waals surface area contributed by atoms with E-state index in [0.29, 0.717) is 45.7 Å². The molecule has 4 heterocycles. The number of anilines is 1. The molecule has 1 aromatic heterocycles. The van der Waals surface area contributed by atoms with E-state index in [1.807, 2.05) is 60.8 Å². The van der Waals surface area contributed by atoms with Crippen molar-refractivity contribution in [1.29, 1.82) is 0 Å². The Balaban J connectivity index is 1.04. The van der Waals surface area contributed by atoms with Crippen LogP contribution in [-0.2, 0) is 25.6 Å². The summed E-state index contributed by atoms with van der Waals surface area (Å²) >= 11 is 0. The average molecular weight is 519 g/mol. The van der Waals surface area contributed by atoms with E-state index >= 15 is 0 Å². The zero-order valence-electron chi connectivity index (χ0n) is 21.0. The summed E-state index contributed by atoms with van der Waals surface area (Å²) in [5, 5.41) is 3.36. The van der Waals surface area contributed by atoms with Gasteiger partial charge < -0.3 is 23.7 Å². The number of hydrogen-bond donors (Lipinski definition) is 1. The number of rotatable bonds is 4. The Morgan fingerprint density at radius 2 is 1.76 bits per heavy atom. The van der Waals surface area contributed by atoms with Gasteiger partial charge >= 0.3 is 12.1 Å². The molecular formula is C28H30N4O6. The Kier molecular flexibility index (Phi) is 6.50. The van der Waals surface area contributed by atoms with Crippen LogP contribution in [0.2, 0.25) is 0 Å². The van der Waals surface area contributed by atoms with Crippen LogP contribution in [0, 0.1) is 0 Å². The first-order valence-electron chi connectivity index (χ1n) is 13.0. The number of carbonyl (C=O) groups is 3. The highest BCUT2D eigenvalue weighted by molar-refractivity contribution is 6.06. The molecule has 3 aliphatic heterocycles. The topological polar surface area (TPSA) is 102 Å². The van der Waals surface area contributed by atoms with Gasteiger partial charge in [-0.25, -0.2) is 9.59 Å². The summed E-state index contributed by atoms with van der Waals surface area (Å²) < 4.78 is 20.2. The highest BCUT2D eigenvalue weighted by Gasteiger charge is 2.42. The Morgan fingerprint density at radius 1 is 1.00 bits per heavy atom. The SMILES string of the molecule is O=C1CCN(c2ccc3c(ccn3C3COC4(CCN(C(=O)OCc5ccccc5)CC4)OC3)c2)C(=O)N1. The van der Waals surface area contributed by atoms with E-state index in [4.69, 9.17) is 14.2 Å². The van der Waals surface area contributed by atoms with Crippen molar-refractivity contribution >= 4 is 34.6 Å². The van der Waals surface area contributed by atoms with E-state index in [-0.39, 0.29) is 31.1 Å². The van der Waals surface area contributed by atoms with Crippen molar-refractivity contribution in [3.8, 4) is 0 Å². The van der Waals surface area contributed by atoms with Crippen LogP contribution in [0.3, 0.4) is 0 Å². The molecule has 0 bridgehead atoms. The van der Waals surface area contributed by atoms with Crippen LogP contribution in [0.5, 0.6) is 0 Å². The van der Waals surface area contributed by atoms with Gasteiger partial charge in [0.2, 0.25) is 5.91 Å². The number of urea groups is 1. The van der Waals surface area contributed by atoms with Crippen molar-refractivity contribution in [3.63, 3.8) is 0 Å². The Bertz CT molecular complexity index is 1340. The molecule has 4 amide bonds. The van der Waals surface area contributed by atoms with Crippen molar-refractivity contribution in [2.24, 2.45) is 0 Å². The molecular weight excluding hydrogens is 488 g/mol. The van der Waals surface area contributed by atoms with E-state index in [1.54, 1.807) is 9.80 Å². The number of carbonyl (C=O) groups excluding carboxylic acids is 3. The number of imide groups is 1. The van der Waals surface area contributed by atoms with Crippen molar-refractivity contribution in [2.75, 3.05) is 37.7 Å². The molecule has 198 valence electrons. The Morgan fingerprint density at radius 3 is 2.50 bits per heavy atom. The van der Waals surface area contributed by atoms with Crippen molar-refractivity contribution < 1.29 is 28.6 Å². The monoisotopic (exact) mass is 518 g/mol. The number of fused-ring (bicyclic) bond motifs is 1. The van der Waals surface area contributed by atoms with Gasteiger partial charge in [-0.05, 0) is 29.8 Å². The van der Waals surface area contributed by atoms with Gasteiger partial charge in [-0.15, -0.1) is 0 Å². The molecule has 0 unspecified atom stereocenters. The van der Waals surface area contributed by atoms with Gasteiger partial charge in [0, 0.05) is 61.7 Å². The lowest BCUT2D eigenvalue weighted by molar-refractivity contribution is -0.293. The van der Waals surface area contributed by atoms with Crippen LogP contribution in [0.1, 0.15) is 30.9 Å². The second-order valence-corrected chi connectivity index (χ2v) is 9.93. The zero-order valence-corrected chi connectivity index (χ0v) is 21.0. The fraction of sp³-hybridized carbons (Fsp3) is 0.393. The number of likely N-dealkylation sites (tertiary alicyclic amines) is 1. The predicted octanol–water partition coefficient (Wildman–Crippen LogP) is 3.80. The molecule has 10 nitrogen and oxygen atoms in total. The van der Waals surface area contributed by atoms with Gasteiger partial charge in [0.05, 0.1) is 19.3 Å². The minimum atomic E-state index is -0.679. The minimum Gasteiger partial charge on any atom is -0.445 e. The standard InChI is InChI=1S/C28H30N4O6/c33-25-9-13-32(26(34)29-25)22-6-7-24-21(16-22)8-12-31(24)23-18-37-28(38-19-23)10-14-30(15-11-28)27(35)36-17-20-4-2-1-3-5-20/h1-8,12,16,23H,9-11,13-15,17-19H2,(H,29,33,34). The Labute approximate surface area is 220 Å². The largest absolute Gasteiger partial charge is 0.445 e. The van der Waals surface area contributed by atoms with Crippen molar-refractivity contribution in [2.45, 2.75) is 37.7 Å². The van der Waals surface area contributed by atoms with E-state index in [1.165, 1.54) is 0 Å².